The van der Waals surface area contributed by atoms with Crippen LogP contribution < -0.4 is 0 Å². The molecule has 1 aliphatic heterocycles. The predicted octanol–water partition coefficient (Wildman–Crippen LogP) is 6.06. The first-order valence-corrected chi connectivity index (χ1v) is 15.1. The summed E-state index contributed by atoms with van der Waals surface area (Å²) in [5, 5.41) is 11.7. The Labute approximate surface area is 230 Å². The Kier molecular flexibility index (Phi) is 8.16. The molecule has 0 radical (unpaired) electrons. The maximum atomic E-state index is 13.3. The molecule has 7 nitrogen and oxygen atoms in total. The number of sulfonamides is 1. The van der Waals surface area contributed by atoms with E-state index < -0.39 is 10.0 Å². The highest BCUT2D eigenvalue weighted by Crippen LogP contribution is 2.33. The summed E-state index contributed by atoms with van der Waals surface area (Å²) in [5.41, 5.74) is 4.52. The fraction of sp³-hybridized carbons (Fsp3) is 0.323. The molecule has 1 aliphatic rings. The molecule has 0 saturated carbocycles. The SMILES string of the molecule is CCCCN(C)S(=O)(=O)c1ccc2[nH]c(O)c(C(=Nc3ccc(CN4CCCC4)cc3)c3ccccc3)c2c1. The number of aliphatic imine (C=N–C) groups is 1. The lowest BCUT2D eigenvalue weighted by Gasteiger charge is -2.17. The molecule has 8 heteroatoms. The van der Waals surface area contributed by atoms with Crippen molar-refractivity contribution in [2.45, 2.75) is 44.0 Å². The molecule has 1 fully saturated rings. The third-order valence-corrected chi connectivity index (χ3v) is 9.20. The first kappa shape index (κ1) is 27.1. The first-order chi connectivity index (χ1) is 18.9. The lowest BCUT2D eigenvalue weighted by atomic mass is 10.0. The third-order valence-electron chi connectivity index (χ3n) is 7.35. The van der Waals surface area contributed by atoms with E-state index in [4.69, 9.17) is 4.99 Å². The van der Waals surface area contributed by atoms with Gasteiger partial charge < -0.3 is 10.1 Å². The second kappa shape index (κ2) is 11.7. The van der Waals surface area contributed by atoms with Crippen molar-refractivity contribution in [3.63, 3.8) is 0 Å². The van der Waals surface area contributed by atoms with Crippen LogP contribution in [0.25, 0.3) is 10.9 Å². The monoisotopic (exact) mass is 544 g/mol. The van der Waals surface area contributed by atoms with Crippen molar-refractivity contribution in [2.24, 2.45) is 4.99 Å². The number of likely N-dealkylation sites (tertiary alicyclic amines) is 1. The van der Waals surface area contributed by atoms with Crippen molar-refractivity contribution < 1.29 is 13.5 Å². The molecule has 0 bridgehead atoms. The van der Waals surface area contributed by atoms with Gasteiger partial charge in [0.15, 0.2) is 5.88 Å². The highest BCUT2D eigenvalue weighted by atomic mass is 32.2. The first-order valence-electron chi connectivity index (χ1n) is 13.6. The summed E-state index contributed by atoms with van der Waals surface area (Å²) in [5.74, 6) is -0.0489. The van der Waals surface area contributed by atoms with Crippen LogP contribution in [-0.2, 0) is 16.6 Å². The van der Waals surface area contributed by atoms with Crippen LogP contribution in [0.4, 0.5) is 5.69 Å². The van der Waals surface area contributed by atoms with Crippen LogP contribution in [0.2, 0.25) is 0 Å². The zero-order valence-corrected chi connectivity index (χ0v) is 23.4. The van der Waals surface area contributed by atoms with Gasteiger partial charge in [-0.1, -0.05) is 55.8 Å². The van der Waals surface area contributed by atoms with E-state index in [2.05, 4.69) is 22.0 Å². The molecule has 1 saturated heterocycles. The molecule has 0 amide bonds. The summed E-state index contributed by atoms with van der Waals surface area (Å²) < 4.78 is 28.0. The van der Waals surface area contributed by atoms with E-state index in [-0.39, 0.29) is 10.8 Å². The summed E-state index contributed by atoms with van der Waals surface area (Å²) in [6.07, 6.45) is 4.21. The number of benzene rings is 3. The molecule has 204 valence electrons. The van der Waals surface area contributed by atoms with E-state index in [0.717, 1.165) is 43.7 Å². The van der Waals surface area contributed by atoms with Crippen LogP contribution in [-0.4, -0.2) is 60.1 Å². The summed E-state index contributed by atoms with van der Waals surface area (Å²) >= 11 is 0. The van der Waals surface area contributed by atoms with Gasteiger partial charge in [0, 0.05) is 36.6 Å². The number of nitrogens with zero attached hydrogens (tertiary/aromatic N) is 3. The zero-order chi connectivity index (χ0) is 27.4. The lowest BCUT2D eigenvalue weighted by Crippen LogP contribution is -2.27. The van der Waals surface area contributed by atoms with Crippen molar-refractivity contribution in [2.75, 3.05) is 26.7 Å². The molecule has 1 aromatic heterocycles. The molecular formula is C31H36N4O3S. The Morgan fingerprint density at radius 2 is 1.74 bits per heavy atom. The summed E-state index contributed by atoms with van der Waals surface area (Å²) in [6, 6.07) is 22.8. The number of rotatable bonds is 10. The minimum atomic E-state index is -3.68. The van der Waals surface area contributed by atoms with Crippen LogP contribution in [0.5, 0.6) is 5.88 Å². The standard InChI is InChI=1S/C31H36N4O3S/c1-3-4-18-34(2)39(37,38)26-16-17-28-27(21-26)29(31(36)33-28)30(24-10-6-5-7-11-24)32-25-14-12-23(13-15-25)22-35-19-8-9-20-35/h5-7,10-17,21,33,36H,3-4,8-9,18-20,22H2,1-2H3. The number of aromatic amines is 1. The minimum absolute atomic E-state index is 0.0489. The van der Waals surface area contributed by atoms with Crippen molar-refractivity contribution >= 4 is 32.3 Å². The second-order valence-electron chi connectivity index (χ2n) is 10.2. The number of unbranched alkanes of at least 4 members (excludes halogenated alkanes) is 1. The van der Waals surface area contributed by atoms with Crippen LogP contribution in [0.3, 0.4) is 0 Å². The number of fused-ring (bicyclic) bond motifs is 1. The molecule has 5 rings (SSSR count). The average molecular weight is 545 g/mol. The van der Waals surface area contributed by atoms with Crippen LogP contribution in [0, 0.1) is 0 Å². The lowest BCUT2D eigenvalue weighted by molar-refractivity contribution is 0.331. The van der Waals surface area contributed by atoms with Crippen molar-refractivity contribution in [3.8, 4) is 5.88 Å². The number of aromatic hydroxyl groups is 1. The predicted molar refractivity (Wildman–Crippen MR) is 157 cm³/mol. The van der Waals surface area contributed by atoms with Gasteiger partial charge in [-0.05, 0) is 68.2 Å². The van der Waals surface area contributed by atoms with E-state index in [1.807, 2.05) is 49.4 Å². The topological polar surface area (TPSA) is 89.0 Å². The maximum absolute atomic E-state index is 13.3. The largest absolute Gasteiger partial charge is 0.494 e. The molecule has 39 heavy (non-hydrogen) atoms. The average Bonchev–Trinajstić information content (AvgIpc) is 3.58. The van der Waals surface area contributed by atoms with Gasteiger partial charge in [0.05, 0.1) is 21.9 Å². The smallest absolute Gasteiger partial charge is 0.242 e. The Morgan fingerprint density at radius 3 is 2.44 bits per heavy atom. The number of H-pyrrole nitrogens is 1. The van der Waals surface area contributed by atoms with Gasteiger partial charge in [0.1, 0.15) is 0 Å². The number of hydrogen-bond donors (Lipinski definition) is 2. The summed E-state index contributed by atoms with van der Waals surface area (Å²) in [7, 11) is -2.07. The van der Waals surface area contributed by atoms with Crippen molar-refractivity contribution in [1.82, 2.24) is 14.2 Å². The molecule has 0 atom stereocenters. The molecule has 2 heterocycles. The number of nitrogens with one attached hydrogen (secondary N) is 1. The van der Waals surface area contributed by atoms with E-state index in [1.165, 1.54) is 22.7 Å². The molecule has 3 aromatic carbocycles. The quantitative estimate of drug-likeness (QED) is 0.238. The molecule has 0 unspecified atom stereocenters. The van der Waals surface area contributed by atoms with Crippen LogP contribution in [0.15, 0.2) is 82.7 Å². The molecule has 0 spiro atoms. The Balaban J connectivity index is 1.57. The maximum Gasteiger partial charge on any atom is 0.242 e. The third kappa shape index (κ3) is 5.93. The van der Waals surface area contributed by atoms with Gasteiger partial charge in [-0.3, -0.25) is 4.90 Å². The molecule has 2 N–H and O–H groups in total. The Bertz CT molecular complexity index is 1550. The van der Waals surface area contributed by atoms with Crippen LogP contribution in [0.1, 0.15) is 49.3 Å². The zero-order valence-electron chi connectivity index (χ0n) is 22.6. The molecule has 0 aliphatic carbocycles. The molecule has 4 aromatic rings. The van der Waals surface area contributed by atoms with E-state index in [1.54, 1.807) is 25.2 Å². The van der Waals surface area contributed by atoms with E-state index in [0.29, 0.717) is 28.7 Å². The van der Waals surface area contributed by atoms with Gasteiger partial charge in [0.25, 0.3) is 0 Å². The van der Waals surface area contributed by atoms with Crippen LogP contribution >= 0.6 is 0 Å². The van der Waals surface area contributed by atoms with Gasteiger partial charge in [-0.25, -0.2) is 17.7 Å². The Morgan fingerprint density at radius 1 is 1.03 bits per heavy atom. The van der Waals surface area contributed by atoms with E-state index >= 15 is 0 Å². The summed E-state index contributed by atoms with van der Waals surface area (Å²) in [4.78, 5) is 10.7. The Hall–Kier alpha value is -3.46. The fourth-order valence-corrected chi connectivity index (χ4v) is 6.34. The van der Waals surface area contributed by atoms with E-state index in [9.17, 15) is 13.5 Å². The second-order valence-corrected chi connectivity index (χ2v) is 12.3. The number of aromatic nitrogens is 1. The fourth-order valence-electron chi connectivity index (χ4n) is 5.10. The van der Waals surface area contributed by atoms with Crippen molar-refractivity contribution in [3.05, 3.63) is 89.5 Å². The highest BCUT2D eigenvalue weighted by Gasteiger charge is 2.24. The van der Waals surface area contributed by atoms with Gasteiger partial charge >= 0.3 is 0 Å². The normalized spacial score (nSPS) is 15.0. The molecular weight excluding hydrogens is 508 g/mol. The number of hydrogen-bond acceptors (Lipinski definition) is 5. The summed E-state index contributed by atoms with van der Waals surface area (Å²) in [6.45, 7) is 5.70. The highest BCUT2D eigenvalue weighted by molar-refractivity contribution is 7.89. The van der Waals surface area contributed by atoms with Gasteiger partial charge in [-0.15, -0.1) is 0 Å². The van der Waals surface area contributed by atoms with Gasteiger partial charge in [-0.2, -0.15) is 0 Å². The minimum Gasteiger partial charge on any atom is -0.494 e. The van der Waals surface area contributed by atoms with Gasteiger partial charge in [0.2, 0.25) is 10.0 Å². The van der Waals surface area contributed by atoms with Crippen molar-refractivity contribution in [1.29, 1.82) is 0 Å².